The number of aromatic nitrogens is 2. The summed E-state index contributed by atoms with van der Waals surface area (Å²) in [5.41, 5.74) is 3.43. The van der Waals surface area contributed by atoms with Gasteiger partial charge in [-0.25, -0.2) is 0 Å². The van der Waals surface area contributed by atoms with Crippen molar-refractivity contribution in [3.05, 3.63) is 61.8 Å². The third-order valence-electron chi connectivity index (χ3n) is 8.62. The molecule has 0 saturated carbocycles. The number of likely N-dealkylation sites (tertiary alicyclic amines) is 1. The smallest absolute Gasteiger partial charge is 0.281 e. The Kier molecular flexibility index (Phi) is 11.5. The molecule has 7 heteroatoms. The molecule has 0 bridgehead atoms. The highest BCUT2D eigenvalue weighted by molar-refractivity contribution is 9.10. The van der Waals surface area contributed by atoms with E-state index in [9.17, 15) is 4.79 Å². The average molecular weight is 615 g/mol. The second-order valence-electron chi connectivity index (χ2n) is 11.5. The Bertz CT molecular complexity index is 1260. The lowest BCUT2D eigenvalue weighted by Crippen LogP contribution is -2.35. The van der Waals surface area contributed by atoms with Crippen molar-refractivity contribution in [1.29, 1.82) is 0 Å². The van der Waals surface area contributed by atoms with E-state index in [1.54, 1.807) is 0 Å². The number of allylic oxidation sites excluding steroid dienone is 4. The summed E-state index contributed by atoms with van der Waals surface area (Å²) in [5.74, 6) is 2.61. The maximum absolute atomic E-state index is 13.2. The molecular formula is C33H48BrN3O3. The van der Waals surface area contributed by atoms with Gasteiger partial charge in [0.25, 0.3) is 5.56 Å². The number of fused-ring (bicyclic) bond motifs is 1. The second kappa shape index (κ2) is 14.8. The van der Waals surface area contributed by atoms with Gasteiger partial charge in [0.2, 0.25) is 0 Å². The Balaban J connectivity index is 1.71. The number of unbranched alkanes of at least 4 members (excludes halogenated alkanes) is 1. The van der Waals surface area contributed by atoms with Gasteiger partial charge in [-0.2, -0.15) is 4.98 Å². The molecule has 2 atom stereocenters. The first-order chi connectivity index (χ1) is 19.4. The summed E-state index contributed by atoms with van der Waals surface area (Å²) in [7, 11) is 0. The fraction of sp³-hybridized carbons (Fsp3) is 0.636. The maximum Gasteiger partial charge on any atom is 0.281 e. The van der Waals surface area contributed by atoms with Gasteiger partial charge in [-0.05, 0) is 104 Å². The van der Waals surface area contributed by atoms with E-state index in [1.165, 1.54) is 24.1 Å². The minimum atomic E-state index is -0.165. The molecule has 0 spiro atoms. The number of piperidine rings is 1. The first-order valence-electron chi connectivity index (χ1n) is 15.4. The van der Waals surface area contributed by atoms with E-state index in [0.29, 0.717) is 24.5 Å². The van der Waals surface area contributed by atoms with Crippen LogP contribution in [0.1, 0.15) is 97.3 Å². The van der Waals surface area contributed by atoms with Crippen molar-refractivity contribution in [2.45, 2.75) is 91.5 Å². The molecule has 0 amide bonds. The Labute approximate surface area is 249 Å². The molecule has 2 heterocycles. The van der Waals surface area contributed by atoms with Crippen LogP contribution in [0.2, 0.25) is 0 Å². The van der Waals surface area contributed by atoms with E-state index >= 15 is 0 Å². The van der Waals surface area contributed by atoms with Crippen molar-refractivity contribution in [3.8, 4) is 0 Å². The van der Waals surface area contributed by atoms with Crippen LogP contribution in [0.25, 0.3) is 10.9 Å². The molecule has 6 nitrogen and oxygen atoms in total. The molecule has 1 aromatic carbocycles. The van der Waals surface area contributed by atoms with Crippen LogP contribution in [0.4, 0.5) is 0 Å². The van der Waals surface area contributed by atoms with Gasteiger partial charge in [-0.1, -0.05) is 46.3 Å². The average Bonchev–Trinajstić information content (AvgIpc) is 2.95. The first kappa shape index (κ1) is 31.0. The number of nitrogens with zero attached hydrogens (tertiary/aromatic N) is 3. The molecule has 4 rings (SSSR count). The molecule has 1 saturated heterocycles. The second-order valence-corrected chi connectivity index (χ2v) is 12.4. The minimum absolute atomic E-state index is 0.0360. The molecule has 1 fully saturated rings. The highest BCUT2D eigenvalue weighted by Gasteiger charge is 2.32. The standard InChI is InChI=1S/C33H48BrN3O3/c1-6-9-18-39-19-20-40-30-22-29(24(5)21-26(30)25-13-16-36(15-7-2)17-14-25)37-28-12-10-11-27(34)31(28)33(38)35-32(37)23(4)8-3/h10-12,21,23,25,29H,6-9,13-20,22H2,1-5H3. The third kappa shape index (κ3) is 7.08. The molecule has 2 aromatic rings. The van der Waals surface area contributed by atoms with Crippen LogP contribution in [-0.2, 0) is 9.47 Å². The number of hydrogen-bond donors (Lipinski definition) is 0. The van der Waals surface area contributed by atoms with Crippen LogP contribution >= 0.6 is 15.9 Å². The summed E-state index contributed by atoms with van der Waals surface area (Å²) in [6.07, 6.45) is 9.81. The predicted molar refractivity (Wildman–Crippen MR) is 168 cm³/mol. The molecule has 0 N–H and O–H groups in total. The Morgan fingerprint density at radius 3 is 2.58 bits per heavy atom. The van der Waals surface area contributed by atoms with E-state index in [1.807, 2.05) is 12.1 Å². The molecule has 0 radical (unpaired) electrons. The number of benzene rings is 1. The molecule has 1 aliphatic carbocycles. The third-order valence-corrected chi connectivity index (χ3v) is 9.28. The van der Waals surface area contributed by atoms with Crippen molar-refractivity contribution in [3.63, 3.8) is 0 Å². The fourth-order valence-corrected chi connectivity index (χ4v) is 6.66. The number of hydrogen-bond acceptors (Lipinski definition) is 5. The normalized spacial score (nSPS) is 19.8. The highest BCUT2D eigenvalue weighted by atomic mass is 79.9. The first-order valence-corrected chi connectivity index (χ1v) is 16.2. The molecule has 40 heavy (non-hydrogen) atoms. The zero-order chi connectivity index (χ0) is 28.6. The zero-order valence-electron chi connectivity index (χ0n) is 25.2. The summed E-state index contributed by atoms with van der Waals surface area (Å²) < 4.78 is 15.5. The van der Waals surface area contributed by atoms with E-state index in [4.69, 9.17) is 9.47 Å². The highest BCUT2D eigenvalue weighted by Crippen LogP contribution is 2.41. The summed E-state index contributed by atoms with van der Waals surface area (Å²) in [5, 5.41) is 0.646. The minimum Gasteiger partial charge on any atom is -0.495 e. The van der Waals surface area contributed by atoms with Crippen molar-refractivity contribution in [2.75, 3.05) is 39.5 Å². The summed E-state index contributed by atoms with van der Waals surface area (Å²) >= 11 is 3.63. The monoisotopic (exact) mass is 613 g/mol. The van der Waals surface area contributed by atoms with Gasteiger partial charge >= 0.3 is 0 Å². The number of ether oxygens (including phenoxy) is 2. The zero-order valence-corrected chi connectivity index (χ0v) is 26.8. The van der Waals surface area contributed by atoms with Crippen LogP contribution in [0.3, 0.4) is 0 Å². The molecule has 2 aliphatic rings. The van der Waals surface area contributed by atoms with Gasteiger partial charge in [-0.3, -0.25) is 4.79 Å². The quantitative estimate of drug-likeness (QED) is 0.216. The molecule has 2 unspecified atom stereocenters. The van der Waals surface area contributed by atoms with Crippen molar-refractivity contribution in [1.82, 2.24) is 14.5 Å². The summed E-state index contributed by atoms with van der Waals surface area (Å²) in [6.45, 7) is 16.4. The lowest BCUT2D eigenvalue weighted by molar-refractivity contribution is 0.0681. The van der Waals surface area contributed by atoms with Crippen LogP contribution in [-0.4, -0.2) is 53.9 Å². The van der Waals surface area contributed by atoms with Crippen molar-refractivity contribution < 1.29 is 9.47 Å². The molecule has 1 aliphatic heterocycles. The molecule has 220 valence electrons. The number of halogens is 1. The van der Waals surface area contributed by atoms with Crippen LogP contribution in [0.15, 0.2) is 50.4 Å². The Morgan fingerprint density at radius 1 is 1.10 bits per heavy atom. The SMILES string of the molecule is CCCCOCCOC1=C(C2CCN(CCC)CC2)C=C(C)C(n2c(C(C)CC)nc(=O)c3c(Br)cccc32)C1. The van der Waals surface area contributed by atoms with Crippen molar-refractivity contribution in [2.24, 2.45) is 5.92 Å². The predicted octanol–water partition coefficient (Wildman–Crippen LogP) is 7.77. The fourth-order valence-electron chi connectivity index (χ4n) is 6.14. The van der Waals surface area contributed by atoms with E-state index in [0.717, 1.165) is 79.8 Å². The van der Waals surface area contributed by atoms with Gasteiger partial charge in [0.1, 0.15) is 18.2 Å². The maximum atomic E-state index is 13.2. The summed E-state index contributed by atoms with van der Waals surface area (Å²) in [4.78, 5) is 20.4. The van der Waals surface area contributed by atoms with E-state index < -0.39 is 0 Å². The van der Waals surface area contributed by atoms with Crippen LogP contribution in [0, 0.1) is 5.92 Å². The topological polar surface area (TPSA) is 56.6 Å². The lowest BCUT2D eigenvalue weighted by atomic mass is 9.82. The van der Waals surface area contributed by atoms with Gasteiger partial charge < -0.3 is 18.9 Å². The van der Waals surface area contributed by atoms with Crippen LogP contribution < -0.4 is 5.56 Å². The lowest BCUT2D eigenvalue weighted by Gasteiger charge is -2.37. The van der Waals surface area contributed by atoms with Crippen LogP contribution in [0.5, 0.6) is 0 Å². The van der Waals surface area contributed by atoms with Crippen molar-refractivity contribution >= 4 is 26.8 Å². The molecule has 1 aromatic heterocycles. The van der Waals surface area contributed by atoms with Gasteiger partial charge in [0.15, 0.2) is 0 Å². The Morgan fingerprint density at radius 2 is 1.88 bits per heavy atom. The largest absolute Gasteiger partial charge is 0.495 e. The van der Waals surface area contributed by atoms with Gasteiger partial charge in [0, 0.05) is 23.4 Å². The molecular weight excluding hydrogens is 566 g/mol. The Hall–Kier alpha value is -1.96. The van der Waals surface area contributed by atoms with E-state index in [-0.39, 0.29) is 17.5 Å². The summed E-state index contributed by atoms with van der Waals surface area (Å²) in [6, 6.07) is 6.04. The van der Waals surface area contributed by atoms with Gasteiger partial charge in [-0.15, -0.1) is 0 Å². The number of rotatable bonds is 13. The van der Waals surface area contributed by atoms with E-state index in [2.05, 4.69) is 77.1 Å². The van der Waals surface area contributed by atoms with Gasteiger partial charge in [0.05, 0.1) is 23.6 Å².